The minimum atomic E-state index is -1.08. The molecule has 1 aliphatic rings. The van der Waals surface area contributed by atoms with Crippen molar-refractivity contribution >= 4 is 11.9 Å². The van der Waals surface area contributed by atoms with Crippen LogP contribution in [0.2, 0.25) is 0 Å². The smallest absolute Gasteiger partial charge is 0.335 e. The van der Waals surface area contributed by atoms with Gasteiger partial charge < -0.3 is 10.0 Å². The van der Waals surface area contributed by atoms with Crippen molar-refractivity contribution in [3.63, 3.8) is 0 Å². The SMILES string of the molecule is O=C(O)c1ccnc(C(=O)N(CCc2ccc(F)cc2)C2CCCC2)c1. The van der Waals surface area contributed by atoms with Crippen LogP contribution in [0.25, 0.3) is 0 Å². The van der Waals surface area contributed by atoms with Gasteiger partial charge in [-0.3, -0.25) is 9.78 Å². The number of carbonyl (C=O) groups excluding carboxylic acids is 1. The van der Waals surface area contributed by atoms with Crippen molar-refractivity contribution in [2.45, 2.75) is 38.1 Å². The standard InChI is InChI=1S/C20H21FN2O3/c21-16-7-5-14(6-8-16)10-12-23(17-3-1-2-4-17)19(24)18-13-15(20(25)26)9-11-22-18/h5-9,11,13,17H,1-4,10,12H2,(H,25,26). The third-order valence-corrected chi connectivity index (χ3v) is 4.81. The van der Waals surface area contributed by atoms with Crippen molar-refractivity contribution in [2.75, 3.05) is 6.54 Å². The molecule has 0 saturated heterocycles. The lowest BCUT2D eigenvalue weighted by molar-refractivity contribution is 0.0678. The molecule has 136 valence electrons. The van der Waals surface area contributed by atoms with Crippen LogP contribution >= 0.6 is 0 Å². The van der Waals surface area contributed by atoms with Gasteiger partial charge in [0.2, 0.25) is 0 Å². The average molecular weight is 356 g/mol. The second-order valence-electron chi connectivity index (χ2n) is 6.55. The van der Waals surface area contributed by atoms with E-state index in [2.05, 4.69) is 4.98 Å². The second-order valence-corrected chi connectivity index (χ2v) is 6.55. The molecule has 0 radical (unpaired) electrons. The van der Waals surface area contributed by atoms with Gasteiger partial charge in [-0.1, -0.05) is 25.0 Å². The van der Waals surface area contributed by atoms with E-state index in [9.17, 15) is 14.0 Å². The summed E-state index contributed by atoms with van der Waals surface area (Å²) in [6.45, 7) is 0.494. The lowest BCUT2D eigenvalue weighted by Gasteiger charge is -2.29. The maximum atomic E-state index is 13.1. The lowest BCUT2D eigenvalue weighted by atomic mass is 10.1. The molecular formula is C20H21FN2O3. The Labute approximate surface area is 151 Å². The topological polar surface area (TPSA) is 70.5 Å². The van der Waals surface area contributed by atoms with Gasteiger partial charge in [-0.05, 0) is 49.1 Å². The molecule has 5 nitrogen and oxygen atoms in total. The van der Waals surface area contributed by atoms with Gasteiger partial charge in [-0.2, -0.15) is 0 Å². The monoisotopic (exact) mass is 356 g/mol. The molecule has 6 heteroatoms. The molecule has 0 bridgehead atoms. The van der Waals surface area contributed by atoms with Crippen molar-refractivity contribution in [3.05, 3.63) is 65.2 Å². The number of hydrogen-bond acceptors (Lipinski definition) is 3. The third kappa shape index (κ3) is 4.25. The van der Waals surface area contributed by atoms with Gasteiger partial charge in [-0.15, -0.1) is 0 Å². The number of pyridine rings is 1. The fraction of sp³-hybridized carbons (Fsp3) is 0.350. The van der Waals surface area contributed by atoms with Crippen molar-refractivity contribution < 1.29 is 19.1 Å². The summed E-state index contributed by atoms with van der Waals surface area (Å²) in [6.07, 6.45) is 5.99. The van der Waals surface area contributed by atoms with Crippen LogP contribution in [-0.2, 0) is 6.42 Å². The Hall–Kier alpha value is -2.76. The fourth-order valence-corrected chi connectivity index (χ4v) is 3.39. The molecule has 1 heterocycles. The van der Waals surface area contributed by atoms with Gasteiger partial charge in [-0.25, -0.2) is 9.18 Å². The predicted octanol–water partition coefficient (Wildman–Crippen LogP) is 3.55. The maximum Gasteiger partial charge on any atom is 0.335 e. The highest BCUT2D eigenvalue weighted by molar-refractivity contribution is 5.96. The zero-order chi connectivity index (χ0) is 18.5. The minimum absolute atomic E-state index is 0.0493. The Kier molecular flexibility index (Phi) is 5.61. The highest BCUT2D eigenvalue weighted by atomic mass is 19.1. The first-order chi connectivity index (χ1) is 12.5. The molecule has 0 unspecified atom stereocenters. The van der Waals surface area contributed by atoms with E-state index in [1.165, 1.54) is 30.5 Å². The normalized spacial score (nSPS) is 14.3. The zero-order valence-corrected chi connectivity index (χ0v) is 14.4. The van der Waals surface area contributed by atoms with E-state index in [1.54, 1.807) is 17.0 Å². The van der Waals surface area contributed by atoms with Crippen LogP contribution in [0.4, 0.5) is 4.39 Å². The lowest BCUT2D eigenvalue weighted by Crippen LogP contribution is -2.40. The Morgan fingerprint density at radius 3 is 2.50 bits per heavy atom. The molecule has 1 fully saturated rings. The number of aromatic nitrogens is 1. The Morgan fingerprint density at radius 2 is 1.85 bits per heavy atom. The van der Waals surface area contributed by atoms with Crippen LogP contribution in [0.3, 0.4) is 0 Å². The summed E-state index contributed by atoms with van der Waals surface area (Å²) in [5.41, 5.74) is 1.15. The Morgan fingerprint density at radius 1 is 1.15 bits per heavy atom. The largest absolute Gasteiger partial charge is 0.478 e. The molecule has 0 aliphatic heterocycles. The first-order valence-electron chi connectivity index (χ1n) is 8.79. The van der Waals surface area contributed by atoms with Crippen molar-refractivity contribution in [3.8, 4) is 0 Å². The fourth-order valence-electron chi connectivity index (χ4n) is 3.39. The first-order valence-corrected chi connectivity index (χ1v) is 8.79. The number of hydrogen-bond donors (Lipinski definition) is 1. The molecule has 1 N–H and O–H groups in total. The van der Waals surface area contributed by atoms with Gasteiger partial charge in [0.05, 0.1) is 5.56 Å². The first kappa shape index (κ1) is 18.0. The highest BCUT2D eigenvalue weighted by Crippen LogP contribution is 2.25. The summed E-state index contributed by atoms with van der Waals surface area (Å²) in [4.78, 5) is 30.0. The summed E-state index contributed by atoms with van der Waals surface area (Å²) < 4.78 is 13.1. The molecule has 1 amide bonds. The molecule has 1 saturated carbocycles. The molecule has 3 rings (SSSR count). The summed E-state index contributed by atoms with van der Waals surface area (Å²) in [6, 6.07) is 9.09. The van der Waals surface area contributed by atoms with E-state index in [4.69, 9.17) is 5.11 Å². The van der Waals surface area contributed by atoms with Crippen LogP contribution in [-0.4, -0.2) is 39.5 Å². The van der Waals surface area contributed by atoms with E-state index in [-0.39, 0.29) is 29.0 Å². The number of carboxylic acid groups (broad SMARTS) is 1. The number of benzene rings is 1. The quantitative estimate of drug-likeness (QED) is 0.859. The van der Waals surface area contributed by atoms with E-state index in [0.29, 0.717) is 13.0 Å². The van der Waals surface area contributed by atoms with Crippen LogP contribution in [0.5, 0.6) is 0 Å². The molecule has 0 atom stereocenters. The van der Waals surface area contributed by atoms with E-state index in [1.807, 2.05) is 0 Å². The van der Waals surface area contributed by atoms with E-state index in [0.717, 1.165) is 31.2 Å². The molecule has 1 aromatic heterocycles. The number of halogens is 1. The number of aromatic carboxylic acids is 1. The number of carboxylic acids is 1. The number of rotatable bonds is 6. The molecule has 2 aromatic rings. The van der Waals surface area contributed by atoms with Gasteiger partial charge in [0.1, 0.15) is 11.5 Å². The van der Waals surface area contributed by atoms with Crippen LogP contribution in [0, 0.1) is 5.82 Å². The van der Waals surface area contributed by atoms with Crippen molar-refractivity contribution in [2.24, 2.45) is 0 Å². The number of carbonyl (C=O) groups is 2. The van der Waals surface area contributed by atoms with Crippen LogP contribution < -0.4 is 0 Å². The second kappa shape index (κ2) is 8.08. The van der Waals surface area contributed by atoms with Gasteiger partial charge in [0.15, 0.2) is 0 Å². The molecule has 0 spiro atoms. The van der Waals surface area contributed by atoms with E-state index < -0.39 is 5.97 Å². The maximum absolute atomic E-state index is 13.1. The number of amides is 1. The van der Waals surface area contributed by atoms with Crippen LogP contribution in [0.1, 0.15) is 52.1 Å². The molecule has 26 heavy (non-hydrogen) atoms. The molecular weight excluding hydrogens is 335 g/mol. The van der Waals surface area contributed by atoms with E-state index >= 15 is 0 Å². The van der Waals surface area contributed by atoms with Crippen molar-refractivity contribution in [1.82, 2.24) is 9.88 Å². The van der Waals surface area contributed by atoms with Crippen LogP contribution in [0.15, 0.2) is 42.6 Å². The third-order valence-electron chi connectivity index (χ3n) is 4.81. The molecule has 1 aliphatic carbocycles. The van der Waals surface area contributed by atoms with Gasteiger partial charge in [0, 0.05) is 18.8 Å². The Balaban J connectivity index is 1.78. The summed E-state index contributed by atoms with van der Waals surface area (Å²) in [5.74, 6) is -1.62. The molecule has 1 aromatic carbocycles. The van der Waals surface area contributed by atoms with Crippen molar-refractivity contribution in [1.29, 1.82) is 0 Å². The highest BCUT2D eigenvalue weighted by Gasteiger charge is 2.28. The zero-order valence-electron chi connectivity index (χ0n) is 14.4. The average Bonchev–Trinajstić information content (AvgIpc) is 3.18. The Bertz CT molecular complexity index is 786. The number of nitrogens with zero attached hydrogens (tertiary/aromatic N) is 2. The summed E-state index contributed by atoms with van der Waals surface area (Å²) >= 11 is 0. The summed E-state index contributed by atoms with van der Waals surface area (Å²) in [5, 5.41) is 9.13. The minimum Gasteiger partial charge on any atom is -0.478 e. The van der Waals surface area contributed by atoms with Gasteiger partial charge in [0.25, 0.3) is 5.91 Å². The predicted molar refractivity (Wildman–Crippen MR) is 94.6 cm³/mol. The summed E-state index contributed by atoms with van der Waals surface area (Å²) in [7, 11) is 0. The van der Waals surface area contributed by atoms with Gasteiger partial charge >= 0.3 is 5.97 Å².